The van der Waals surface area contributed by atoms with E-state index in [1.54, 1.807) is 12.1 Å². The highest BCUT2D eigenvalue weighted by Crippen LogP contribution is 2.24. The summed E-state index contributed by atoms with van der Waals surface area (Å²) in [6, 6.07) is 7.26. The van der Waals surface area contributed by atoms with E-state index in [4.69, 9.17) is 0 Å². The predicted molar refractivity (Wildman–Crippen MR) is 90.3 cm³/mol. The smallest absolute Gasteiger partial charge is 0.387 e. The Morgan fingerprint density at radius 2 is 2.00 bits per heavy atom. The van der Waals surface area contributed by atoms with Gasteiger partial charge in [0.1, 0.15) is 5.75 Å². The van der Waals surface area contributed by atoms with Gasteiger partial charge in [0.25, 0.3) is 0 Å². The Bertz CT molecular complexity index is 500. The molecule has 0 unspecified atom stereocenters. The molecule has 1 atom stereocenters. The Hall–Kier alpha value is -1.24. The average molecular weight is 342 g/mol. The Balaban J connectivity index is 2.01. The summed E-state index contributed by atoms with van der Waals surface area (Å²) in [4.78, 5) is 4.68. The number of para-hydroxylation sites is 1. The molecule has 1 aliphatic rings. The van der Waals surface area contributed by atoms with E-state index in [0.29, 0.717) is 18.5 Å². The largest absolute Gasteiger partial charge is 0.434 e. The van der Waals surface area contributed by atoms with E-state index in [9.17, 15) is 13.9 Å². The number of ether oxygens (including phenoxy) is 1. The SMILES string of the molecule is CC(C)CN1CCN(Cc2ccccc2OC(F)F)C[C@@H]1CCO. The fraction of sp³-hybridized carbons (Fsp3) is 0.667. The first-order valence-electron chi connectivity index (χ1n) is 8.59. The number of hydrogen-bond acceptors (Lipinski definition) is 4. The van der Waals surface area contributed by atoms with E-state index in [2.05, 4.69) is 28.4 Å². The number of rotatable bonds is 8. The zero-order valence-corrected chi connectivity index (χ0v) is 14.5. The minimum absolute atomic E-state index is 0.165. The van der Waals surface area contributed by atoms with Crippen molar-refractivity contribution in [1.29, 1.82) is 0 Å². The van der Waals surface area contributed by atoms with Crippen molar-refractivity contribution >= 4 is 0 Å². The van der Waals surface area contributed by atoms with Crippen LogP contribution in [0.1, 0.15) is 25.8 Å². The van der Waals surface area contributed by atoms with E-state index in [-0.39, 0.29) is 12.4 Å². The molecule has 0 aliphatic carbocycles. The van der Waals surface area contributed by atoms with Crippen LogP contribution in [-0.2, 0) is 6.54 Å². The minimum atomic E-state index is -2.81. The van der Waals surface area contributed by atoms with E-state index in [1.165, 1.54) is 0 Å². The van der Waals surface area contributed by atoms with Crippen LogP contribution in [0.4, 0.5) is 8.78 Å². The Labute approximate surface area is 143 Å². The second kappa shape index (κ2) is 9.30. The van der Waals surface area contributed by atoms with Gasteiger partial charge < -0.3 is 9.84 Å². The maximum absolute atomic E-state index is 12.5. The van der Waals surface area contributed by atoms with Gasteiger partial charge in [-0.25, -0.2) is 0 Å². The topological polar surface area (TPSA) is 35.9 Å². The van der Waals surface area contributed by atoms with Crippen LogP contribution >= 0.6 is 0 Å². The third-order valence-corrected chi connectivity index (χ3v) is 4.33. The summed E-state index contributed by atoms with van der Waals surface area (Å²) in [5.41, 5.74) is 0.776. The molecule has 4 nitrogen and oxygen atoms in total. The van der Waals surface area contributed by atoms with Gasteiger partial charge in [-0.1, -0.05) is 32.0 Å². The molecule has 1 heterocycles. The van der Waals surface area contributed by atoms with Crippen molar-refractivity contribution in [3.8, 4) is 5.75 Å². The number of benzene rings is 1. The Kier molecular flexibility index (Phi) is 7.40. The van der Waals surface area contributed by atoms with Crippen LogP contribution in [0.5, 0.6) is 5.75 Å². The summed E-state index contributed by atoms with van der Waals surface area (Å²) < 4.78 is 29.7. The van der Waals surface area contributed by atoms with E-state index in [1.807, 2.05) is 12.1 Å². The van der Waals surface area contributed by atoms with E-state index < -0.39 is 6.61 Å². The molecule has 1 N–H and O–H groups in total. The van der Waals surface area contributed by atoms with Crippen molar-refractivity contribution in [2.45, 2.75) is 39.5 Å². The lowest BCUT2D eigenvalue weighted by Crippen LogP contribution is -2.53. The summed E-state index contributed by atoms with van der Waals surface area (Å²) >= 11 is 0. The zero-order valence-electron chi connectivity index (χ0n) is 14.5. The zero-order chi connectivity index (χ0) is 17.5. The van der Waals surface area contributed by atoms with Crippen molar-refractivity contribution in [1.82, 2.24) is 9.80 Å². The average Bonchev–Trinajstić information content (AvgIpc) is 2.51. The first-order chi connectivity index (χ1) is 11.5. The van der Waals surface area contributed by atoms with Gasteiger partial charge in [0, 0.05) is 50.9 Å². The molecule has 136 valence electrons. The monoisotopic (exact) mass is 342 g/mol. The second-order valence-corrected chi connectivity index (χ2v) is 6.78. The molecular weight excluding hydrogens is 314 g/mol. The minimum Gasteiger partial charge on any atom is -0.434 e. The summed E-state index contributed by atoms with van der Waals surface area (Å²) in [6.45, 7) is 5.99. The summed E-state index contributed by atoms with van der Waals surface area (Å²) in [5, 5.41) is 9.34. The molecule has 24 heavy (non-hydrogen) atoms. The van der Waals surface area contributed by atoms with Gasteiger partial charge in [-0.2, -0.15) is 8.78 Å². The van der Waals surface area contributed by atoms with Gasteiger partial charge in [0.15, 0.2) is 0 Å². The first-order valence-corrected chi connectivity index (χ1v) is 8.59. The van der Waals surface area contributed by atoms with Crippen LogP contribution in [0.3, 0.4) is 0 Å². The fourth-order valence-corrected chi connectivity index (χ4v) is 3.32. The molecule has 1 fully saturated rings. The van der Waals surface area contributed by atoms with Crippen LogP contribution in [0.25, 0.3) is 0 Å². The summed E-state index contributed by atoms with van der Waals surface area (Å²) in [6.07, 6.45) is 0.735. The molecule has 1 aliphatic heterocycles. The van der Waals surface area contributed by atoms with Crippen LogP contribution in [0, 0.1) is 5.92 Å². The number of piperazine rings is 1. The van der Waals surface area contributed by atoms with Crippen molar-refractivity contribution in [2.75, 3.05) is 32.8 Å². The van der Waals surface area contributed by atoms with Crippen LogP contribution in [0.2, 0.25) is 0 Å². The van der Waals surface area contributed by atoms with Gasteiger partial charge >= 0.3 is 6.61 Å². The third kappa shape index (κ3) is 5.69. The molecule has 1 aromatic carbocycles. The number of aliphatic hydroxyl groups is 1. The fourth-order valence-electron chi connectivity index (χ4n) is 3.32. The Morgan fingerprint density at radius 3 is 2.67 bits per heavy atom. The van der Waals surface area contributed by atoms with E-state index >= 15 is 0 Å². The number of nitrogens with zero attached hydrogens (tertiary/aromatic N) is 2. The number of aliphatic hydroxyl groups excluding tert-OH is 1. The van der Waals surface area contributed by atoms with Gasteiger partial charge in [-0.05, 0) is 18.4 Å². The van der Waals surface area contributed by atoms with Gasteiger partial charge in [0.05, 0.1) is 0 Å². The quantitative estimate of drug-likeness (QED) is 0.788. The van der Waals surface area contributed by atoms with Crippen molar-refractivity contribution in [2.24, 2.45) is 5.92 Å². The molecule has 1 aromatic rings. The molecule has 1 saturated heterocycles. The molecule has 0 bridgehead atoms. The highest BCUT2D eigenvalue weighted by atomic mass is 19.3. The van der Waals surface area contributed by atoms with Gasteiger partial charge in [-0.15, -0.1) is 0 Å². The molecule has 0 aromatic heterocycles. The maximum atomic E-state index is 12.5. The predicted octanol–water partition coefficient (Wildman–Crippen LogP) is 2.81. The summed E-state index contributed by atoms with van der Waals surface area (Å²) in [7, 11) is 0. The normalized spacial score (nSPS) is 20.0. The first kappa shape index (κ1) is 19.1. The van der Waals surface area contributed by atoms with Crippen molar-refractivity contribution < 1.29 is 18.6 Å². The lowest BCUT2D eigenvalue weighted by atomic mass is 10.1. The maximum Gasteiger partial charge on any atom is 0.387 e. The Morgan fingerprint density at radius 1 is 1.25 bits per heavy atom. The summed E-state index contributed by atoms with van der Waals surface area (Å²) in [5.74, 6) is 0.828. The van der Waals surface area contributed by atoms with Crippen LogP contribution in [-0.4, -0.2) is 60.3 Å². The highest BCUT2D eigenvalue weighted by molar-refractivity contribution is 5.33. The lowest BCUT2D eigenvalue weighted by Gasteiger charge is -2.42. The molecule has 0 amide bonds. The molecule has 0 spiro atoms. The lowest BCUT2D eigenvalue weighted by molar-refractivity contribution is -0.0510. The standard InChI is InChI=1S/C18H28F2N2O2/c1-14(2)11-22-9-8-21(13-16(22)7-10-23)12-15-5-3-4-6-17(15)24-18(19)20/h3-6,14,16,18,23H,7-13H2,1-2H3/t16-/m0/s1. The van der Waals surface area contributed by atoms with Crippen molar-refractivity contribution in [3.05, 3.63) is 29.8 Å². The molecule has 2 rings (SSSR count). The third-order valence-electron chi connectivity index (χ3n) is 4.33. The van der Waals surface area contributed by atoms with E-state index in [0.717, 1.165) is 38.2 Å². The highest BCUT2D eigenvalue weighted by Gasteiger charge is 2.27. The molecule has 0 radical (unpaired) electrons. The van der Waals surface area contributed by atoms with Gasteiger partial charge in [0.2, 0.25) is 0 Å². The number of alkyl halides is 2. The number of halogens is 2. The second-order valence-electron chi connectivity index (χ2n) is 6.78. The van der Waals surface area contributed by atoms with Crippen LogP contribution < -0.4 is 4.74 Å². The number of hydrogen-bond donors (Lipinski definition) is 1. The molecule has 0 saturated carbocycles. The molecular formula is C18H28F2N2O2. The van der Waals surface area contributed by atoms with Crippen LogP contribution in [0.15, 0.2) is 24.3 Å². The van der Waals surface area contributed by atoms with Gasteiger partial charge in [-0.3, -0.25) is 9.80 Å². The van der Waals surface area contributed by atoms with Crippen molar-refractivity contribution in [3.63, 3.8) is 0 Å². The molecule has 6 heteroatoms.